The second kappa shape index (κ2) is 19.8. The van der Waals surface area contributed by atoms with Gasteiger partial charge in [0.25, 0.3) is 0 Å². The van der Waals surface area contributed by atoms with Crippen molar-refractivity contribution in [1.29, 1.82) is 0 Å². The molecular weight excluding hydrogens is 496 g/mol. The highest BCUT2D eigenvalue weighted by molar-refractivity contribution is 5.82. The molecule has 0 saturated heterocycles. The van der Waals surface area contributed by atoms with E-state index in [4.69, 9.17) is 15.1 Å². The minimum atomic E-state index is -1.18. The van der Waals surface area contributed by atoms with Gasteiger partial charge in [0.05, 0.1) is 6.42 Å². The van der Waals surface area contributed by atoms with Crippen LogP contribution in [0.5, 0.6) is 11.8 Å². The highest BCUT2D eigenvalue weighted by Gasteiger charge is 2.19. The maximum Gasteiger partial charge on any atom is 0.335 e. The normalized spacial score (nSPS) is 10.8. The largest absolute Gasteiger partial charge is 0.492 e. The maximum absolute atomic E-state index is 12.5. The van der Waals surface area contributed by atoms with Gasteiger partial charge in [-0.2, -0.15) is 0 Å². The Morgan fingerprint density at radius 3 is 1.47 bits per heavy atom. The molecule has 0 fully saturated rings. The minimum Gasteiger partial charge on any atom is -0.492 e. The van der Waals surface area contributed by atoms with Crippen LogP contribution in [0.2, 0.25) is 0 Å². The Balaban J connectivity index is 2.08. The SMILES string of the molecule is O=C(O)CCCCCCCCCCCCCCCCC(=O)N(CCC(=O)On1c(O)ccc1O)CC(=O)O. The number of aliphatic carboxylic acids is 2. The van der Waals surface area contributed by atoms with Crippen molar-refractivity contribution in [3.8, 4) is 11.8 Å². The molecule has 4 N–H and O–H groups in total. The Hall–Kier alpha value is -3.24. The molecule has 38 heavy (non-hydrogen) atoms. The summed E-state index contributed by atoms with van der Waals surface area (Å²) >= 11 is 0. The molecule has 216 valence electrons. The fourth-order valence-corrected chi connectivity index (χ4v) is 4.16. The average Bonchev–Trinajstić information content (AvgIpc) is 3.17. The van der Waals surface area contributed by atoms with E-state index >= 15 is 0 Å². The van der Waals surface area contributed by atoms with Crippen LogP contribution >= 0.6 is 0 Å². The van der Waals surface area contributed by atoms with Crippen molar-refractivity contribution in [2.75, 3.05) is 13.1 Å². The molecular formula is C27H44N2O9. The summed E-state index contributed by atoms with van der Waals surface area (Å²) in [4.78, 5) is 52.0. The summed E-state index contributed by atoms with van der Waals surface area (Å²) in [6, 6.07) is 2.28. The van der Waals surface area contributed by atoms with E-state index in [9.17, 15) is 29.4 Å². The lowest BCUT2D eigenvalue weighted by Crippen LogP contribution is -2.38. The zero-order chi connectivity index (χ0) is 28.2. The van der Waals surface area contributed by atoms with E-state index in [-0.39, 0.29) is 31.7 Å². The molecule has 0 aliphatic rings. The summed E-state index contributed by atoms with van der Waals surface area (Å²) in [5, 5.41) is 36.7. The molecule has 0 aliphatic carbocycles. The zero-order valence-electron chi connectivity index (χ0n) is 22.3. The number of carboxylic acid groups (broad SMARTS) is 2. The van der Waals surface area contributed by atoms with E-state index in [1.54, 1.807) is 0 Å². The van der Waals surface area contributed by atoms with Gasteiger partial charge in [0.2, 0.25) is 17.7 Å². The number of aromatic hydroxyl groups is 2. The monoisotopic (exact) mass is 540 g/mol. The predicted octanol–water partition coefficient (Wildman–Crippen LogP) is 4.48. The van der Waals surface area contributed by atoms with Crippen LogP contribution in [0.15, 0.2) is 12.1 Å². The van der Waals surface area contributed by atoms with Gasteiger partial charge < -0.3 is 30.2 Å². The summed E-state index contributed by atoms with van der Waals surface area (Å²) in [7, 11) is 0. The number of aromatic nitrogens is 1. The van der Waals surface area contributed by atoms with Gasteiger partial charge in [0.15, 0.2) is 0 Å². The molecule has 0 spiro atoms. The van der Waals surface area contributed by atoms with Gasteiger partial charge in [-0.1, -0.05) is 77.0 Å². The molecule has 1 heterocycles. The maximum atomic E-state index is 12.5. The van der Waals surface area contributed by atoms with Crippen molar-refractivity contribution in [3.05, 3.63) is 12.1 Å². The number of carboxylic acids is 2. The van der Waals surface area contributed by atoms with Crippen LogP contribution in [0.4, 0.5) is 0 Å². The van der Waals surface area contributed by atoms with Crippen molar-refractivity contribution >= 4 is 23.8 Å². The molecule has 11 nitrogen and oxygen atoms in total. The van der Waals surface area contributed by atoms with Crippen LogP contribution < -0.4 is 4.84 Å². The first-order valence-electron chi connectivity index (χ1n) is 13.7. The number of carbonyl (C=O) groups excluding carboxylic acids is 2. The van der Waals surface area contributed by atoms with E-state index in [0.29, 0.717) is 11.2 Å². The van der Waals surface area contributed by atoms with Gasteiger partial charge in [-0.25, -0.2) is 4.79 Å². The minimum absolute atomic E-state index is 0.141. The Kier molecular flexibility index (Phi) is 17.1. The molecule has 1 aromatic heterocycles. The highest BCUT2D eigenvalue weighted by Crippen LogP contribution is 2.19. The molecule has 11 heteroatoms. The van der Waals surface area contributed by atoms with Crippen LogP contribution in [0.3, 0.4) is 0 Å². The van der Waals surface area contributed by atoms with E-state index in [1.807, 2.05) is 0 Å². The third-order valence-electron chi connectivity index (χ3n) is 6.29. The van der Waals surface area contributed by atoms with Crippen LogP contribution in [0.25, 0.3) is 0 Å². The van der Waals surface area contributed by atoms with Gasteiger partial charge in [-0.05, 0) is 12.8 Å². The lowest BCUT2D eigenvalue weighted by Gasteiger charge is -2.20. The number of rotatable bonds is 23. The van der Waals surface area contributed by atoms with Gasteiger partial charge in [0, 0.05) is 31.5 Å². The Labute approximate surface area is 224 Å². The quantitative estimate of drug-likeness (QED) is 0.146. The molecule has 1 aromatic rings. The van der Waals surface area contributed by atoms with Crippen molar-refractivity contribution in [3.63, 3.8) is 0 Å². The average molecular weight is 541 g/mol. The molecule has 0 radical (unpaired) electrons. The molecule has 1 rings (SSSR count). The third-order valence-corrected chi connectivity index (χ3v) is 6.29. The lowest BCUT2D eigenvalue weighted by molar-refractivity contribution is -0.149. The molecule has 0 atom stereocenters. The van der Waals surface area contributed by atoms with Crippen LogP contribution in [0.1, 0.15) is 109 Å². The first-order valence-corrected chi connectivity index (χ1v) is 13.7. The molecule has 0 bridgehead atoms. The summed E-state index contributed by atoms with van der Waals surface area (Å²) in [5.74, 6) is -3.99. The third kappa shape index (κ3) is 15.8. The second-order valence-corrected chi connectivity index (χ2v) is 9.61. The van der Waals surface area contributed by atoms with E-state index in [1.165, 1.54) is 38.5 Å². The second-order valence-electron chi connectivity index (χ2n) is 9.61. The zero-order valence-corrected chi connectivity index (χ0v) is 22.3. The first kappa shape index (κ1) is 32.8. The number of nitrogens with zero attached hydrogens (tertiary/aromatic N) is 2. The van der Waals surface area contributed by atoms with Gasteiger partial charge in [-0.3, -0.25) is 14.4 Å². The van der Waals surface area contributed by atoms with Gasteiger partial charge in [-0.15, -0.1) is 4.73 Å². The van der Waals surface area contributed by atoms with E-state index < -0.39 is 36.2 Å². The Morgan fingerprint density at radius 2 is 1.05 bits per heavy atom. The number of amides is 1. The molecule has 0 saturated carbocycles. The van der Waals surface area contributed by atoms with E-state index in [2.05, 4.69) is 0 Å². The number of unbranched alkanes of at least 4 members (excludes halogenated alkanes) is 13. The van der Waals surface area contributed by atoms with Gasteiger partial charge in [0.1, 0.15) is 6.54 Å². The van der Waals surface area contributed by atoms with Crippen molar-refractivity contribution in [2.24, 2.45) is 0 Å². The highest BCUT2D eigenvalue weighted by atomic mass is 16.7. The van der Waals surface area contributed by atoms with Crippen molar-refractivity contribution in [1.82, 2.24) is 9.63 Å². The van der Waals surface area contributed by atoms with Crippen LogP contribution in [-0.4, -0.2) is 67.0 Å². The van der Waals surface area contributed by atoms with E-state index in [0.717, 1.165) is 62.0 Å². The fourth-order valence-electron chi connectivity index (χ4n) is 4.16. The summed E-state index contributed by atoms with van der Waals surface area (Å²) in [6.07, 6.45) is 15.1. The Morgan fingerprint density at radius 1 is 0.632 bits per heavy atom. The van der Waals surface area contributed by atoms with Crippen molar-refractivity contribution < 1.29 is 44.4 Å². The smallest absolute Gasteiger partial charge is 0.335 e. The topological polar surface area (TPSA) is 167 Å². The van der Waals surface area contributed by atoms with Crippen LogP contribution in [0, 0.1) is 0 Å². The fraction of sp³-hybridized carbons (Fsp3) is 0.704. The number of carbonyl (C=O) groups is 4. The number of hydrogen-bond donors (Lipinski definition) is 4. The lowest BCUT2D eigenvalue weighted by atomic mass is 10.0. The molecule has 0 aliphatic heterocycles. The summed E-state index contributed by atoms with van der Waals surface area (Å²) in [6.45, 7) is -0.658. The summed E-state index contributed by atoms with van der Waals surface area (Å²) in [5.41, 5.74) is 0. The first-order chi connectivity index (χ1) is 18.2. The summed E-state index contributed by atoms with van der Waals surface area (Å²) < 4.78 is 0.543. The molecule has 1 amide bonds. The molecule has 0 aromatic carbocycles. The molecule has 0 unspecified atom stereocenters. The van der Waals surface area contributed by atoms with Gasteiger partial charge >= 0.3 is 17.9 Å². The van der Waals surface area contributed by atoms with Crippen LogP contribution in [-0.2, 0) is 19.2 Å². The van der Waals surface area contributed by atoms with Crippen molar-refractivity contribution in [2.45, 2.75) is 109 Å². The predicted molar refractivity (Wildman–Crippen MR) is 140 cm³/mol. The Bertz CT molecular complexity index is 834. The number of hydrogen-bond acceptors (Lipinski definition) is 7. The standard InChI is InChI=1S/C27H44N2O9/c30-22(28(21-26(35)36)20-19-27(37)38-29-23(31)17-18-24(29)32)15-13-11-9-7-5-3-1-2-4-6-8-10-12-14-16-25(33)34/h17-18,31-32H,1-16,19-21H2,(H,33,34)(H,35,36).